The Labute approximate surface area is 172 Å². The first kappa shape index (κ1) is 20.6. The Hall–Kier alpha value is -3.09. The predicted molar refractivity (Wildman–Crippen MR) is 118 cm³/mol. The van der Waals surface area contributed by atoms with Crippen molar-refractivity contribution < 1.29 is 4.79 Å². The van der Waals surface area contributed by atoms with Crippen LogP contribution in [-0.2, 0) is 4.79 Å². The van der Waals surface area contributed by atoms with Gasteiger partial charge in [-0.15, -0.1) is 0 Å². The highest BCUT2D eigenvalue weighted by Crippen LogP contribution is 2.29. The summed E-state index contributed by atoms with van der Waals surface area (Å²) in [5.74, 6) is 1.27. The molecule has 2 aliphatic rings. The molecule has 1 fully saturated rings. The van der Waals surface area contributed by atoms with Crippen molar-refractivity contribution in [3.05, 3.63) is 53.4 Å². The number of hydrogen-bond donors (Lipinski definition) is 3. The SMILES string of the molecule is CN=C(C=CN)c1ccc(N=C(N)C2=C(NCC3CC3)CCN(C(C)=O)C2)cc1. The summed E-state index contributed by atoms with van der Waals surface area (Å²) in [6, 6.07) is 7.69. The van der Waals surface area contributed by atoms with Crippen LogP contribution in [0, 0.1) is 5.92 Å². The van der Waals surface area contributed by atoms with Crippen LogP contribution in [0.4, 0.5) is 5.69 Å². The number of nitrogens with zero attached hydrogens (tertiary/aromatic N) is 3. The van der Waals surface area contributed by atoms with E-state index in [-0.39, 0.29) is 5.91 Å². The monoisotopic (exact) mass is 394 g/mol. The van der Waals surface area contributed by atoms with Gasteiger partial charge in [-0.05, 0) is 48.7 Å². The van der Waals surface area contributed by atoms with E-state index in [2.05, 4.69) is 15.3 Å². The Morgan fingerprint density at radius 1 is 1.31 bits per heavy atom. The highest BCUT2D eigenvalue weighted by molar-refractivity contribution is 6.08. The number of carbonyl (C=O) groups is 1. The Morgan fingerprint density at radius 2 is 2.03 bits per heavy atom. The van der Waals surface area contributed by atoms with Crippen LogP contribution in [-0.4, -0.2) is 49.0 Å². The smallest absolute Gasteiger partial charge is 0.219 e. The highest BCUT2D eigenvalue weighted by Gasteiger charge is 2.26. The molecule has 0 radical (unpaired) electrons. The van der Waals surface area contributed by atoms with Crippen molar-refractivity contribution in [2.45, 2.75) is 26.2 Å². The number of nitrogens with two attached hydrogens (primary N) is 2. The molecule has 7 heteroatoms. The van der Waals surface area contributed by atoms with E-state index in [1.807, 2.05) is 29.2 Å². The summed E-state index contributed by atoms with van der Waals surface area (Å²) in [6.45, 7) is 3.76. The first-order valence-corrected chi connectivity index (χ1v) is 10.0. The molecule has 0 aromatic heterocycles. The lowest BCUT2D eigenvalue weighted by Crippen LogP contribution is -2.41. The molecule has 1 saturated carbocycles. The maximum Gasteiger partial charge on any atom is 0.219 e. The van der Waals surface area contributed by atoms with E-state index in [4.69, 9.17) is 11.5 Å². The van der Waals surface area contributed by atoms with Gasteiger partial charge in [0, 0.05) is 44.8 Å². The van der Waals surface area contributed by atoms with Gasteiger partial charge in [0.15, 0.2) is 0 Å². The first-order valence-electron chi connectivity index (χ1n) is 10.0. The van der Waals surface area contributed by atoms with Crippen LogP contribution in [0.2, 0.25) is 0 Å². The number of carbonyl (C=O) groups excluding carboxylic acids is 1. The zero-order valence-electron chi connectivity index (χ0n) is 17.2. The molecule has 5 N–H and O–H groups in total. The van der Waals surface area contributed by atoms with Gasteiger partial charge in [-0.3, -0.25) is 9.79 Å². The minimum Gasteiger partial charge on any atom is -0.405 e. The summed E-state index contributed by atoms with van der Waals surface area (Å²) in [6.07, 6.45) is 6.58. The number of hydrogen-bond acceptors (Lipinski definition) is 5. The molecule has 0 atom stereocenters. The summed E-state index contributed by atoms with van der Waals surface area (Å²) in [7, 11) is 1.73. The fourth-order valence-electron chi connectivity index (χ4n) is 3.36. The zero-order chi connectivity index (χ0) is 20.8. The standard InChI is InChI=1S/C22H30N6O/c1-15(29)28-12-10-21(26-13-16-3-4-16)19(14-28)22(24)27-18-7-5-17(6-8-18)20(25-2)9-11-23/h5-9,11,16,26H,3-4,10,12-14,23H2,1-2H3,(H2,24,27). The van der Waals surface area contributed by atoms with Gasteiger partial charge < -0.3 is 21.7 Å². The number of amides is 1. The van der Waals surface area contributed by atoms with E-state index in [1.54, 1.807) is 20.0 Å². The van der Waals surface area contributed by atoms with Crippen LogP contribution in [0.15, 0.2) is 57.8 Å². The summed E-state index contributed by atoms with van der Waals surface area (Å²) >= 11 is 0. The molecule has 1 aromatic rings. The molecule has 3 rings (SSSR count). The van der Waals surface area contributed by atoms with Crippen LogP contribution in [0.5, 0.6) is 0 Å². The molecule has 7 nitrogen and oxygen atoms in total. The van der Waals surface area contributed by atoms with Crippen LogP contribution >= 0.6 is 0 Å². The van der Waals surface area contributed by atoms with Gasteiger partial charge in [0.25, 0.3) is 0 Å². The molecule has 154 valence electrons. The van der Waals surface area contributed by atoms with E-state index >= 15 is 0 Å². The van der Waals surface area contributed by atoms with E-state index < -0.39 is 0 Å². The Bertz CT molecular complexity index is 862. The lowest BCUT2D eigenvalue weighted by atomic mass is 10.0. The number of nitrogens with one attached hydrogen (secondary N) is 1. The Morgan fingerprint density at radius 3 is 2.62 bits per heavy atom. The van der Waals surface area contributed by atoms with Crippen molar-refractivity contribution in [3.8, 4) is 0 Å². The number of amidine groups is 1. The van der Waals surface area contributed by atoms with E-state index in [0.717, 1.165) is 47.1 Å². The summed E-state index contributed by atoms with van der Waals surface area (Å²) < 4.78 is 0. The van der Waals surface area contributed by atoms with Gasteiger partial charge in [-0.1, -0.05) is 12.1 Å². The summed E-state index contributed by atoms with van der Waals surface area (Å²) in [4.78, 5) is 22.5. The second kappa shape index (κ2) is 9.41. The zero-order valence-corrected chi connectivity index (χ0v) is 17.2. The maximum absolute atomic E-state index is 11.9. The van der Waals surface area contributed by atoms with Gasteiger partial charge in [-0.2, -0.15) is 0 Å². The third-order valence-electron chi connectivity index (χ3n) is 5.31. The van der Waals surface area contributed by atoms with Gasteiger partial charge in [0.05, 0.1) is 17.9 Å². The first-order chi connectivity index (χ1) is 14.0. The number of aliphatic imine (C=N–C) groups is 2. The lowest BCUT2D eigenvalue weighted by molar-refractivity contribution is -0.128. The van der Waals surface area contributed by atoms with E-state index in [1.165, 1.54) is 19.0 Å². The number of rotatable bonds is 7. The van der Waals surface area contributed by atoms with Gasteiger partial charge in [-0.25, -0.2) is 4.99 Å². The van der Waals surface area contributed by atoms with Crippen molar-refractivity contribution in [3.63, 3.8) is 0 Å². The van der Waals surface area contributed by atoms with Crippen LogP contribution < -0.4 is 16.8 Å². The van der Waals surface area contributed by atoms with Crippen LogP contribution in [0.25, 0.3) is 0 Å². The molecule has 1 aliphatic heterocycles. The minimum atomic E-state index is 0.0558. The maximum atomic E-state index is 11.9. The molecular weight excluding hydrogens is 364 g/mol. The Balaban J connectivity index is 1.82. The third kappa shape index (κ3) is 5.47. The lowest BCUT2D eigenvalue weighted by Gasteiger charge is -2.30. The van der Waals surface area contributed by atoms with Crippen molar-refractivity contribution in [1.29, 1.82) is 0 Å². The molecule has 0 saturated heterocycles. The van der Waals surface area contributed by atoms with Gasteiger partial charge >= 0.3 is 0 Å². The molecule has 29 heavy (non-hydrogen) atoms. The largest absolute Gasteiger partial charge is 0.405 e. The summed E-state index contributed by atoms with van der Waals surface area (Å²) in [5.41, 5.74) is 16.4. The van der Waals surface area contributed by atoms with E-state index in [9.17, 15) is 4.79 Å². The number of allylic oxidation sites excluding steroid dienone is 1. The molecule has 1 heterocycles. The Kier molecular flexibility index (Phi) is 6.69. The predicted octanol–water partition coefficient (Wildman–Crippen LogP) is 2.07. The molecular formula is C22H30N6O. The second-order valence-corrected chi connectivity index (χ2v) is 7.48. The molecule has 1 aliphatic carbocycles. The molecule has 0 spiro atoms. The average Bonchev–Trinajstić information content (AvgIpc) is 3.55. The van der Waals surface area contributed by atoms with Crippen molar-refractivity contribution in [2.24, 2.45) is 27.4 Å². The highest BCUT2D eigenvalue weighted by atomic mass is 16.2. The average molecular weight is 395 g/mol. The topological polar surface area (TPSA) is 109 Å². The normalized spacial score (nSPS) is 18.5. The van der Waals surface area contributed by atoms with Gasteiger partial charge in [0.1, 0.15) is 5.84 Å². The fraction of sp³-hybridized carbons (Fsp3) is 0.409. The molecule has 0 unspecified atom stereocenters. The third-order valence-corrected chi connectivity index (χ3v) is 5.31. The number of benzene rings is 1. The van der Waals surface area contributed by atoms with Crippen LogP contribution in [0.3, 0.4) is 0 Å². The van der Waals surface area contributed by atoms with Crippen molar-refractivity contribution in [1.82, 2.24) is 10.2 Å². The molecule has 1 amide bonds. The van der Waals surface area contributed by atoms with Gasteiger partial charge in [0.2, 0.25) is 5.91 Å². The van der Waals surface area contributed by atoms with Crippen molar-refractivity contribution in [2.75, 3.05) is 26.7 Å². The van der Waals surface area contributed by atoms with Crippen molar-refractivity contribution >= 4 is 23.1 Å². The minimum absolute atomic E-state index is 0.0558. The summed E-state index contributed by atoms with van der Waals surface area (Å²) in [5, 5.41) is 3.55. The fourth-order valence-corrected chi connectivity index (χ4v) is 3.36. The molecule has 1 aromatic carbocycles. The second-order valence-electron chi connectivity index (χ2n) is 7.48. The molecule has 0 bridgehead atoms. The quantitative estimate of drug-likeness (QED) is 0.486. The van der Waals surface area contributed by atoms with E-state index in [0.29, 0.717) is 18.9 Å². The van der Waals surface area contributed by atoms with Crippen LogP contribution in [0.1, 0.15) is 31.7 Å².